The van der Waals surface area contributed by atoms with Gasteiger partial charge < -0.3 is 21.3 Å². The van der Waals surface area contributed by atoms with E-state index in [1.54, 1.807) is 4.90 Å². The highest BCUT2D eigenvalue weighted by molar-refractivity contribution is 5.85. The van der Waals surface area contributed by atoms with Gasteiger partial charge in [0.15, 0.2) is 5.82 Å². The molecule has 1 fully saturated rings. The van der Waals surface area contributed by atoms with Crippen molar-refractivity contribution in [3.63, 3.8) is 0 Å². The van der Waals surface area contributed by atoms with Gasteiger partial charge in [-0.05, 0) is 37.1 Å². The summed E-state index contributed by atoms with van der Waals surface area (Å²) in [6, 6.07) is 6.28. The highest BCUT2D eigenvalue weighted by atomic mass is 19.4. The maximum absolute atomic E-state index is 13.1. The van der Waals surface area contributed by atoms with E-state index in [2.05, 4.69) is 25.4 Å². The fraction of sp³-hybridized carbons (Fsp3) is 0.316. The molecule has 0 bridgehead atoms. The van der Waals surface area contributed by atoms with Gasteiger partial charge in [0.05, 0.1) is 0 Å². The number of carbonyl (C=O) groups excluding carboxylic acids is 1. The van der Waals surface area contributed by atoms with Gasteiger partial charge in [0.2, 0.25) is 17.8 Å². The minimum absolute atomic E-state index is 0. The van der Waals surface area contributed by atoms with Crippen molar-refractivity contribution in [3.05, 3.63) is 42.5 Å². The highest BCUT2D eigenvalue weighted by Gasteiger charge is 2.35. The Kier molecular flexibility index (Phi) is 5.98. The van der Waals surface area contributed by atoms with Gasteiger partial charge in [-0.15, -0.1) is 5.10 Å². The molecule has 0 unspecified atom stereocenters. The number of carbonyl (C=O) groups is 1. The first-order valence-electron chi connectivity index (χ1n) is 9.88. The number of nitrogens with two attached hydrogens (primary N) is 1. The van der Waals surface area contributed by atoms with Gasteiger partial charge in [-0.2, -0.15) is 22.8 Å². The smallest absolute Gasteiger partial charge is 0.368 e. The second-order valence-corrected chi connectivity index (χ2v) is 7.26. The van der Waals surface area contributed by atoms with E-state index in [9.17, 15) is 22.4 Å². The third-order valence-electron chi connectivity index (χ3n) is 4.90. The molecule has 14 heteroatoms. The van der Waals surface area contributed by atoms with Crippen LogP contribution in [0, 0.1) is 5.82 Å². The quantitative estimate of drug-likeness (QED) is 0.466. The van der Waals surface area contributed by atoms with Gasteiger partial charge in [-0.25, -0.2) is 14.4 Å². The molecule has 0 saturated carbocycles. The van der Waals surface area contributed by atoms with Gasteiger partial charge in [-0.3, -0.25) is 4.79 Å². The van der Waals surface area contributed by atoms with Gasteiger partial charge in [-0.1, -0.05) is 0 Å². The van der Waals surface area contributed by atoms with E-state index in [1.807, 2.05) is 5.32 Å². The Morgan fingerprint density at radius 1 is 1.21 bits per heavy atom. The van der Waals surface area contributed by atoms with Crippen LogP contribution in [-0.4, -0.2) is 55.9 Å². The zero-order valence-corrected chi connectivity index (χ0v) is 17.1. The molecule has 3 aromatic rings. The monoisotopic (exact) mass is 473 g/mol. The van der Waals surface area contributed by atoms with E-state index in [1.165, 1.54) is 41.3 Å². The van der Waals surface area contributed by atoms with Crippen molar-refractivity contribution < 1.29 is 28.1 Å². The fourth-order valence-corrected chi connectivity index (χ4v) is 3.44. The van der Waals surface area contributed by atoms with Crippen LogP contribution in [0.1, 0.15) is 18.5 Å². The molecule has 1 aliphatic rings. The summed E-state index contributed by atoms with van der Waals surface area (Å²) in [4.78, 5) is 26.3. The SMILES string of the molecule is Nc1nc(Nc2ccc(F)cc2)nn1-c1cc(N2CCC[C@@H]2C(=O)NCC(F)(F)F)ncn1.[HH].[HH].[HH].[HH]. The van der Waals surface area contributed by atoms with Gasteiger partial charge in [0, 0.05) is 24.0 Å². The molecule has 3 heterocycles. The summed E-state index contributed by atoms with van der Waals surface area (Å²) in [5.74, 6) is -0.378. The molecule has 4 rings (SSSR count). The van der Waals surface area contributed by atoms with Crippen LogP contribution in [0.4, 0.5) is 41.0 Å². The number of hydrogen-bond donors (Lipinski definition) is 3. The molecule has 1 aromatic carbocycles. The molecule has 4 N–H and O–H groups in total. The van der Waals surface area contributed by atoms with E-state index >= 15 is 0 Å². The van der Waals surface area contributed by atoms with Gasteiger partial charge in [0.1, 0.15) is 30.5 Å². The molecule has 182 valence electrons. The number of aromatic nitrogens is 5. The van der Waals surface area contributed by atoms with Crippen molar-refractivity contribution in [3.8, 4) is 5.82 Å². The molecule has 1 saturated heterocycles. The molecule has 1 aliphatic heterocycles. The number of nitrogens with one attached hydrogen (secondary N) is 2. The Morgan fingerprint density at radius 2 is 1.94 bits per heavy atom. The van der Waals surface area contributed by atoms with E-state index in [4.69, 9.17) is 5.73 Å². The first-order chi connectivity index (χ1) is 15.7. The lowest BCUT2D eigenvalue weighted by atomic mass is 10.2. The molecule has 33 heavy (non-hydrogen) atoms. The van der Waals surface area contributed by atoms with Crippen LogP contribution in [0.5, 0.6) is 0 Å². The van der Waals surface area contributed by atoms with Crippen molar-refractivity contribution in [2.24, 2.45) is 0 Å². The summed E-state index contributed by atoms with van der Waals surface area (Å²) >= 11 is 0. The van der Waals surface area contributed by atoms with E-state index in [0.29, 0.717) is 30.9 Å². The molecule has 2 aromatic heterocycles. The van der Waals surface area contributed by atoms with Crippen molar-refractivity contribution in [2.45, 2.75) is 25.1 Å². The Morgan fingerprint density at radius 3 is 2.67 bits per heavy atom. The number of halogens is 4. The molecule has 10 nitrogen and oxygen atoms in total. The number of nitrogen functional groups attached to an aromatic ring is 1. The van der Waals surface area contributed by atoms with Gasteiger partial charge in [0.25, 0.3) is 0 Å². The number of alkyl halides is 3. The van der Waals surface area contributed by atoms with Crippen LogP contribution in [0.15, 0.2) is 36.7 Å². The predicted molar refractivity (Wildman–Crippen MR) is 119 cm³/mol. The molecule has 0 aliphatic carbocycles. The van der Waals surface area contributed by atoms with E-state index in [0.717, 1.165) is 0 Å². The van der Waals surface area contributed by atoms with Crippen LogP contribution in [0.3, 0.4) is 0 Å². The van der Waals surface area contributed by atoms with Crippen LogP contribution in [0.2, 0.25) is 0 Å². The van der Waals surface area contributed by atoms with Crippen LogP contribution in [-0.2, 0) is 4.79 Å². The Hall–Kier alpha value is -3.97. The Bertz CT molecular complexity index is 1150. The van der Waals surface area contributed by atoms with E-state index in [-0.39, 0.29) is 29.2 Å². The Balaban J connectivity index is 0.00000324. The van der Waals surface area contributed by atoms with Crippen LogP contribution < -0.4 is 21.3 Å². The molecular formula is C19H27F4N9O. The normalized spacial score (nSPS) is 16.1. The standard InChI is InChI=1S/C19H19F4N9O.4H2/c20-11-3-5-12(6-4-11)28-18-29-17(24)32(30-18)15-8-14(26-10-27-15)31-7-1-2-13(31)16(33)25-9-19(21,22)23;;;;/h3-6,8,10,13H,1-2,7,9H2,(H,25,33)(H3,24,28,29,30);4*1H/t13-;;;;/m1..../s1. The minimum Gasteiger partial charge on any atom is -0.368 e. The number of nitrogens with zero attached hydrogens (tertiary/aromatic N) is 6. The van der Waals surface area contributed by atoms with Crippen LogP contribution >= 0.6 is 0 Å². The highest BCUT2D eigenvalue weighted by Crippen LogP contribution is 2.26. The van der Waals surface area contributed by atoms with Gasteiger partial charge >= 0.3 is 6.18 Å². The predicted octanol–water partition coefficient (Wildman–Crippen LogP) is 3.15. The van der Waals surface area contributed by atoms with Crippen LogP contribution in [0.25, 0.3) is 5.82 Å². The third kappa shape index (κ3) is 5.27. The average molecular weight is 473 g/mol. The molecule has 1 atom stereocenters. The van der Waals surface area contributed by atoms with Crippen molar-refractivity contribution in [1.82, 2.24) is 30.0 Å². The lowest BCUT2D eigenvalue weighted by Gasteiger charge is -2.25. The van der Waals surface area contributed by atoms with E-state index < -0.39 is 24.7 Å². The first-order valence-corrected chi connectivity index (χ1v) is 9.88. The topological polar surface area (TPSA) is 127 Å². The summed E-state index contributed by atoms with van der Waals surface area (Å²) in [5.41, 5.74) is 6.50. The summed E-state index contributed by atoms with van der Waals surface area (Å²) in [7, 11) is 0. The second-order valence-electron chi connectivity index (χ2n) is 7.26. The number of amides is 1. The number of rotatable bonds is 6. The minimum atomic E-state index is -4.49. The summed E-state index contributed by atoms with van der Waals surface area (Å²) in [6.07, 6.45) is -2.26. The largest absolute Gasteiger partial charge is 0.405 e. The number of benzene rings is 1. The Labute approximate surface area is 190 Å². The molecule has 1 amide bonds. The average Bonchev–Trinajstić information content (AvgIpc) is 3.40. The summed E-state index contributed by atoms with van der Waals surface area (Å²) < 4.78 is 51.7. The zero-order chi connectivity index (χ0) is 23.6. The summed E-state index contributed by atoms with van der Waals surface area (Å²) in [6.45, 7) is -0.963. The van der Waals surface area contributed by atoms with Crippen molar-refractivity contribution in [2.75, 3.05) is 29.0 Å². The lowest BCUT2D eigenvalue weighted by Crippen LogP contribution is -2.46. The molecular weight excluding hydrogens is 446 g/mol. The van der Waals surface area contributed by atoms with Crippen molar-refractivity contribution >= 4 is 29.3 Å². The molecule has 0 radical (unpaired) electrons. The zero-order valence-electron chi connectivity index (χ0n) is 17.1. The fourth-order valence-electron chi connectivity index (χ4n) is 3.44. The maximum atomic E-state index is 13.1. The maximum Gasteiger partial charge on any atom is 0.405 e. The van der Waals surface area contributed by atoms with Crippen molar-refractivity contribution in [1.29, 1.82) is 0 Å². The third-order valence-corrected chi connectivity index (χ3v) is 4.90. The summed E-state index contributed by atoms with van der Waals surface area (Å²) in [5, 5.41) is 9.05. The lowest BCUT2D eigenvalue weighted by molar-refractivity contribution is -0.139. The second kappa shape index (κ2) is 8.88. The molecule has 0 spiro atoms. The number of anilines is 4. The first kappa shape index (κ1) is 22.2. The number of hydrogen-bond acceptors (Lipinski definition) is 8.